The average Bonchev–Trinajstić information content (AvgIpc) is 3.43. The maximum atomic E-state index is 5.58. The summed E-state index contributed by atoms with van der Waals surface area (Å²) in [5, 5.41) is 4.16. The number of para-hydroxylation sites is 1. The molecule has 3 aromatic rings. The van der Waals surface area contributed by atoms with Gasteiger partial charge in [-0.3, -0.25) is 4.90 Å². The van der Waals surface area contributed by atoms with Gasteiger partial charge in [0.2, 0.25) is 11.7 Å². The van der Waals surface area contributed by atoms with Crippen LogP contribution in [0.2, 0.25) is 0 Å². The molecular weight excluding hydrogens is 370 g/mol. The second-order valence-corrected chi connectivity index (χ2v) is 7.06. The molecule has 0 aliphatic carbocycles. The summed E-state index contributed by atoms with van der Waals surface area (Å²) in [7, 11) is 4.98. The fraction of sp³-hybridized carbons (Fsp3) is 0.364. The fourth-order valence-electron chi connectivity index (χ4n) is 3.76. The lowest BCUT2D eigenvalue weighted by Crippen LogP contribution is -2.20. The molecule has 1 aliphatic rings. The first-order valence-electron chi connectivity index (χ1n) is 9.62. The Balaban J connectivity index is 1.43. The molecule has 2 heterocycles. The largest absolute Gasteiger partial charge is 0.497 e. The summed E-state index contributed by atoms with van der Waals surface area (Å²) in [6.45, 7) is 2.62. The molecule has 0 amide bonds. The predicted octanol–water partition coefficient (Wildman–Crippen LogP) is 3.75. The van der Waals surface area contributed by atoms with Crippen molar-refractivity contribution >= 4 is 0 Å². The van der Waals surface area contributed by atoms with E-state index < -0.39 is 0 Å². The van der Waals surface area contributed by atoms with E-state index in [1.165, 1.54) is 0 Å². The van der Waals surface area contributed by atoms with E-state index >= 15 is 0 Å². The van der Waals surface area contributed by atoms with E-state index in [0.717, 1.165) is 54.4 Å². The van der Waals surface area contributed by atoms with E-state index in [-0.39, 0.29) is 5.92 Å². The summed E-state index contributed by atoms with van der Waals surface area (Å²) >= 11 is 0. The third-order valence-corrected chi connectivity index (χ3v) is 5.29. The van der Waals surface area contributed by atoms with Crippen LogP contribution in [0, 0.1) is 0 Å². The molecule has 0 radical (unpaired) electrons. The summed E-state index contributed by atoms with van der Waals surface area (Å²) in [5.41, 5.74) is 2.02. The molecule has 7 nitrogen and oxygen atoms in total. The Morgan fingerprint density at radius 1 is 1.03 bits per heavy atom. The summed E-state index contributed by atoms with van der Waals surface area (Å²) < 4.78 is 21.7. The molecular formula is C22H25N3O4. The highest BCUT2D eigenvalue weighted by atomic mass is 16.5. The van der Waals surface area contributed by atoms with Crippen molar-refractivity contribution in [2.45, 2.75) is 18.9 Å². The molecule has 29 heavy (non-hydrogen) atoms. The van der Waals surface area contributed by atoms with Crippen LogP contribution in [0.25, 0.3) is 11.4 Å². The lowest BCUT2D eigenvalue weighted by Gasteiger charge is -2.18. The van der Waals surface area contributed by atoms with Gasteiger partial charge in [-0.15, -0.1) is 0 Å². The molecule has 0 N–H and O–H groups in total. The molecule has 1 aromatic heterocycles. The highest BCUT2D eigenvalue weighted by molar-refractivity contribution is 5.55. The van der Waals surface area contributed by atoms with E-state index in [1.54, 1.807) is 21.3 Å². The maximum Gasteiger partial charge on any atom is 0.231 e. The summed E-state index contributed by atoms with van der Waals surface area (Å²) in [4.78, 5) is 7.00. The van der Waals surface area contributed by atoms with Crippen molar-refractivity contribution in [2.75, 3.05) is 34.4 Å². The van der Waals surface area contributed by atoms with Crippen LogP contribution in [0.1, 0.15) is 23.8 Å². The Hall–Kier alpha value is -3.06. The molecule has 4 rings (SSSR count). The number of nitrogens with zero attached hydrogens (tertiary/aromatic N) is 3. The smallest absolute Gasteiger partial charge is 0.231 e. The number of hydrogen-bond donors (Lipinski definition) is 0. The quantitative estimate of drug-likeness (QED) is 0.603. The van der Waals surface area contributed by atoms with E-state index in [0.29, 0.717) is 11.7 Å². The van der Waals surface area contributed by atoms with Gasteiger partial charge in [-0.05, 0) is 43.3 Å². The van der Waals surface area contributed by atoms with Gasteiger partial charge in [0.1, 0.15) is 5.75 Å². The highest BCUT2D eigenvalue weighted by Gasteiger charge is 2.29. The van der Waals surface area contributed by atoms with Gasteiger partial charge in [0.15, 0.2) is 11.5 Å². The van der Waals surface area contributed by atoms with Crippen LogP contribution in [-0.4, -0.2) is 49.5 Å². The molecule has 2 aromatic carbocycles. The second kappa shape index (κ2) is 8.53. The monoisotopic (exact) mass is 395 g/mol. The number of methoxy groups -OCH3 is 3. The molecule has 1 fully saturated rings. The molecule has 0 spiro atoms. The number of likely N-dealkylation sites (tertiary alicyclic amines) is 1. The number of benzene rings is 2. The van der Waals surface area contributed by atoms with Crippen LogP contribution >= 0.6 is 0 Å². The van der Waals surface area contributed by atoms with Crippen molar-refractivity contribution in [3.63, 3.8) is 0 Å². The first-order chi connectivity index (χ1) is 14.2. The van der Waals surface area contributed by atoms with Gasteiger partial charge in [-0.2, -0.15) is 4.98 Å². The van der Waals surface area contributed by atoms with Gasteiger partial charge in [-0.25, -0.2) is 0 Å². The lowest BCUT2D eigenvalue weighted by atomic mass is 10.1. The minimum absolute atomic E-state index is 0.228. The van der Waals surface area contributed by atoms with Crippen molar-refractivity contribution < 1.29 is 18.7 Å². The van der Waals surface area contributed by atoms with Crippen molar-refractivity contribution in [3.8, 4) is 28.6 Å². The third-order valence-electron chi connectivity index (χ3n) is 5.29. The Morgan fingerprint density at radius 3 is 2.59 bits per heavy atom. The maximum absolute atomic E-state index is 5.58. The number of aromatic nitrogens is 2. The highest BCUT2D eigenvalue weighted by Crippen LogP contribution is 2.34. The van der Waals surface area contributed by atoms with E-state index in [9.17, 15) is 0 Å². The van der Waals surface area contributed by atoms with Gasteiger partial charge < -0.3 is 18.7 Å². The molecule has 7 heteroatoms. The van der Waals surface area contributed by atoms with Gasteiger partial charge in [0, 0.05) is 24.2 Å². The minimum Gasteiger partial charge on any atom is -0.497 e. The minimum atomic E-state index is 0.228. The fourth-order valence-corrected chi connectivity index (χ4v) is 3.76. The van der Waals surface area contributed by atoms with E-state index in [2.05, 4.69) is 21.1 Å². The SMILES string of the molecule is COc1ccc(-c2noc([C@H]3CCN(Cc4cccc(OC)c4OC)C3)n2)cc1. The predicted molar refractivity (Wildman–Crippen MR) is 108 cm³/mol. The van der Waals surface area contributed by atoms with Gasteiger partial charge in [0.05, 0.1) is 27.2 Å². The van der Waals surface area contributed by atoms with Crippen molar-refractivity contribution in [1.82, 2.24) is 15.0 Å². The molecule has 1 aliphatic heterocycles. The zero-order valence-corrected chi connectivity index (χ0v) is 16.9. The Bertz CT molecular complexity index is 955. The van der Waals surface area contributed by atoms with Crippen LogP contribution in [0.15, 0.2) is 47.0 Å². The summed E-state index contributed by atoms with van der Waals surface area (Å²) in [6, 6.07) is 13.6. The zero-order chi connectivity index (χ0) is 20.2. The molecule has 0 unspecified atom stereocenters. The molecule has 0 saturated carbocycles. The Labute approximate surface area is 170 Å². The molecule has 1 atom stereocenters. The second-order valence-electron chi connectivity index (χ2n) is 7.06. The Morgan fingerprint density at radius 2 is 1.86 bits per heavy atom. The topological polar surface area (TPSA) is 69.9 Å². The van der Waals surface area contributed by atoms with E-state index in [4.69, 9.17) is 18.7 Å². The van der Waals surface area contributed by atoms with E-state index in [1.807, 2.05) is 36.4 Å². The molecule has 152 valence electrons. The number of rotatable bonds is 7. The van der Waals surface area contributed by atoms with Crippen LogP contribution in [-0.2, 0) is 6.54 Å². The van der Waals surface area contributed by atoms with Crippen LogP contribution in [0.4, 0.5) is 0 Å². The number of hydrogen-bond acceptors (Lipinski definition) is 7. The van der Waals surface area contributed by atoms with Crippen molar-refractivity contribution in [1.29, 1.82) is 0 Å². The molecule has 0 bridgehead atoms. The first kappa shape index (κ1) is 19.3. The number of ether oxygens (including phenoxy) is 3. The third kappa shape index (κ3) is 4.05. The lowest BCUT2D eigenvalue weighted by molar-refractivity contribution is 0.298. The summed E-state index contributed by atoms with van der Waals surface area (Å²) in [6.07, 6.45) is 0.983. The van der Waals surface area contributed by atoms with Gasteiger partial charge in [0.25, 0.3) is 0 Å². The molecule has 1 saturated heterocycles. The first-order valence-corrected chi connectivity index (χ1v) is 9.62. The zero-order valence-electron chi connectivity index (χ0n) is 16.9. The standard InChI is InChI=1S/C22H25N3O4/c1-26-18-9-7-15(8-10-18)21-23-22(29-24-21)17-11-12-25(14-17)13-16-5-4-6-19(27-2)20(16)28-3/h4-10,17H,11-14H2,1-3H3/t17-/m0/s1. The summed E-state index contributed by atoms with van der Waals surface area (Å²) in [5.74, 6) is 3.87. The van der Waals surface area contributed by atoms with Crippen LogP contribution < -0.4 is 14.2 Å². The van der Waals surface area contributed by atoms with Crippen molar-refractivity contribution in [2.24, 2.45) is 0 Å². The van der Waals surface area contributed by atoms with Gasteiger partial charge in [-0.1, -0.05) is 17.3 Å². The average molecular weight is 395 g/mol. The normalized spacial score (nSPS) is 16.7. The van der Waals surface area contributed by atoms with Crippen LogP contribution in [0.5, 0.6) is 17.2 Å². The van der Waals surface area contributed by atoms with Crippen LogP contribution in [0.3, 0.4) is 0 Å². The van der Waals surface area contributed by atoms with Crippen molar-refractivity contribution in [3.05, 3.63) is 53.9 Å². The van der Waals surface area contributed by atoms with Gasteiger partial charge >= 0.3 is 0 Å². The Kier molecular flexibility index (Phi) is 5.67.